The minimum absolute atomic E-state index is 0.140. The van der Waals surface area contributed by atoms with Crippen LogP contribution in [0.2, 0.25) is 0 Å². The molecule has 1 aromatic rings. The number of carboxylic acid groups (broad SMARTS) is 1. The molecule has 0 fully saturated rings. The Morgan fingerprint density at radius 3 is 2.73 bits per heavy atom. The average molecular weight is 209 g/mol. The maximum atomic E-state index is 10.6. The van der Waals surface area contributed by atoms with E-state index in [1.165, 1.54) is 12.3 Å². The van der Waals surface area contributed by atoms with E-state index in [0.717, 1.165) is 12.8 Å². The summed E-state index contributed by atoms with van der Waals surface area (Å²) in [6.45, 7) is 2.05. The van der Waals surface area contributed by atoms with Gasteiger partial charge in [-0.15, -0.1) is 0 Å². The van der Waals surface area contributed by atoms with Crippen LogP contribution in [0.25, 0.3) is 0 Å². The zero-order valence-corrected chi connectivity index (χ0v) is 8.68. The van der Waals surface area contributed by atoms with Gasteiger partial charge in [-0.3, -0.25) is 4.98 Å². The van der Waals surface area contributed by atoms with Crippen LogP contribution in [0.4, 0.5) is 0 Å². The molecule has 1 unspecified atom stereocenters. The number of carboxylic acids is 1. The third-order valence-electron chi connectivity index (χ3n) is 2.21. The van der Waals surface area contributed by atoms with Crippen LogP contribution in [0.3, 0.4) is 0 Å². The van der Waals surface area contributed by atoms with Crippen LogP contribution in [0.1, 0.15) is 48.3 Å². The molecule has 2 N–H and O–H groups in total. The van der Waals surface area contributed by atoms with Crippen molar-refractivity contribution in [2.45, 2.75) is 32.3 Å². The highest BCUT2D eigenvalue weighted by Crippen LogP contribution is 2.16. The molecule has 0 bridgehead atoms. The Hall–Kier alpha value is -1.42. The Morgan fingerprint density at radius 1 is 1.53 bits per heavy atom. The lowest BCUT2D eigenvalue weighted by molar-refractivity contribution is 0.0696. The minimum atomic E-state index is -1.00. The average Bonchev–Trinajstić information content (AvgIpc) is 2.26. The summed E-state index contributed by atoms with van der Waals surface area (Å²) < 4.78 is 0. The lowest BCUT2D eigenvalue weighted by atomic mass is 10.1. The second-order valence-corrected chi connectivity index (χ2v) is 3.43. The molecule has 0 amide bonds. The molecule has 0 spiro atoms. The molecule has 0 saturated carbocycles. The molecular formula is C11H15NO3. The second-order valence-electron chi connectivity index (χ2n) is 3.43. The Balaban J connectivity index is 2.66. The van der Waals surface area contributed by atoms with E-state index in [-0.39, 0.29) is 5.56 Å². The number of rotatable bonds is 5. The molecule has 0 aromatic carbocycles. The van der Waals surface area contributed by atoms with Gasteiger partial charge in [0.2, 0.25) is 0 Å². The molecule has 1 heterocycles. The van der Waals surface area contributed by atoms with E-state index < -0.39 is 12.1 Å². The van der Waals surface area contributed by atoms with Gasteiger partial charge in [0.1, 0.15) is 0 Å². The predicted octanol–water partition coefficient (Wildman–Crippen LogP) is 2.00. The molecule has 1 atom stereocenters. The number of carbonyl (C=O) groups is 1. The maximum absolute atomic E-state index is 10.6. The first-order chi connectivity index (χ1) is 7.15. The van der Waals surface area contributed by atoms with Gasteiger partial charge in [0.15, 0.2) is 0 Å². The maximum Gasteiger partial charge on any atom is 0.337 e. The molecule has 4 nitrogen and oxygen atoms in total. The molecule has 0 aliphatic rings. The van der Waals surface area contributed by atoms with Gasteiger partial charge in [-0.25, -0.2) is 4.79 Å². The number of pyridine rings is 1. The Morgan fingerprint density at radius 2 is 2.27 bits per heavy atom. The Bertz CT molecular complexity index is 321. The van der Waals surface area contributed by atoms with E-state index in [1.54, 1.807) is 6.07 Å². The molecular weight excluding hydrogens is 194 g/mol. The van der Waals surface area contributed by atoms with Crippen molar-refractivity contribution in [2.75, 3.05) is 0 Å². The lowest BCUT2D eigenvalue weighted by Crippen LogP contribution is -2.03. The van der Waals surface area contributed by atoms with Crippen LogP contribution in [0.15, 0.2) is 18.3 Å². The highest BCUT2D eigenvalue weighted by atomic mass is 16.4. The number of aromatic carboxylic acids is 1. The number of unbranched alkanes of at least 4 members (excludes halogenated alkanes) is 1. The normalized spacial score (nSPS) is 12.4. The fourth-order valence-electron chi connectivity index (χ4n) is 1.27. The SMILES string of the molecule is CCCCC(O)c1ccc(C(=O)O)cn1. The molecule has 0 aliphatic carbocycles. The first-order valence-electron chi connectivity index (χ1n) is 5.02. The highest BCUT2D eigenvalue weighted by molar-refractivity contribution is 5.87. The van der Waals surface area contributed by atoms with Crippen molar-refractivity contribution < 1.29 is 15.0 Å². The molecule has 15 heavy (non-hydrogen) atoms. The first-order valence-corrected chi connectivity index (χ1v) is 5.02. The first kappa shape index (κ1) is 11.7. The summed E-state index contributed by atoms with van der Waals surface area (Å²) in [5, 5.41) is 18.3. The van der Waals surface area contributed by atoms with E-state index in [1.807, 2.05) is 6.92 Å². The fourth-order valence-corrected chi connectivity index (χ4v) is 1.27. The highest BCUT2D eigenvalue weighted by Gasteiger charge is 2.09. The smallest absolute Gasteiger partial charge is 0.337 e. The van der Waals surface area contributed by atoms with Crippen molar-refractivity contribution in [1.82, 2.24) is 4.98 Å². The van der Waals surface area contributed by atoms with Crippen molar-refractivity contribution in [2.24, 2.45) is 0 Å². The Kier molecular flexibility index (Phi) is 4.24. The van der Waals surface area contributed by atoms with Crippen LogP contribution in [-0.4, -0.2) is 21.2 Å². The van der Waals surface area contributed by atoms with E-state index >= 15 is 0 Å². The summed E-state index contributed by atoms with van der Waals surface area (Å²) in [5.74, 6) is -1.00. The zero-order chi connectivity index (χ0) is 11.3. The number of aliphatic hydroxyl groups excluding tert-OH is 1. The van der Waals surface area contributed by atoms with Crippen molar-refractivity contribution >= 4 is 5.97 Å². The van der Waals surface area contributed by atoms with Crippen molar-refractivity contribution in [3.8, 4) is 0 Å². The van der Waals surface area contributed by atoms with Gasteiger partial charge in [0, 0.05) is 6.20 Å². The van der Waals surface area contributed by atoms with E-state index in [9.17, 15) is 9.90 Å². The third-order valence-corrected chi connectivity index (χ3v) is 2.21. The molecule has 1 aromatic heterocycles. The van der Waals surface area contributed by atoms with Gasteiger partial charge < -0.3 is 10.2 Å². The zero-order valence-electron chi connectivity index (χ0n) is 8.68. The lowest BCUT2D eigenvalue weighted by Gasteiger charge is -2.08. The van der Waals surface area contributed by atoms with Crippen molar-refractivity contribution in [3.63, 3.8) is 0 Å². The molecule has 0 radical (unpaired) electrons. The quantitative estimate of drug-likeness (QED) is 0.778. The summed E-state index contributed by atoms with van der Waals surface area (Å²) >= 11 is 0. The van der Waals surface area contributed by atoms with Gasteiger partial charge >= 0.3 is 5.97 Å². The summed E-state index contributed by atoms with van der Waals surface area (Å²) in [6.07, 6.45) is 3.30. The van der Waals surface area contributed by atoms with Crippen LogP contribution in [-0.2, 0) is 0 Å². The molecule has 82 valence electrons. The summed E-state index contributed by atoms with van der Waals surface area (Å²) in [5.41, 5.74) is 0.676. The number of aromatic nitrogens is 1. The van der Waals surface area contributed by atoms with Gasteiger partial charge in [-0.05, 0) is 18.6 Å². The van der Waals surface area contributed by atoms with E-state index in [4.69, 9.17) is 5.11 Å². The monoisotopic (exact) mass is 209 g/mol. The van der Waals surface area contributed by atoms with Crippen molar-refractivity contribution in [3.05, 3.63) is 29.6 Å². The minimum Gasteiger partial charge on any atom is -0.478 e. The van der Waals surface area contributed by atoms with Crippen molar-refractivity contribution in [1.29, 1.82) is 0 Å². The van der Waals surface area contributed by atoms with Crippen LogP contribution in [0, 0.1) is 0 Å². The number of hydrogen-bond acceptors (Lipinski definition) is 3. The fraction of sp³-hybridized carbons (Fsp3) is 0.455. The number of nitrogens with zero attached hydrogens (tertiary/aromatic N) is 1. The van der Waals surface area contributed by atoms with Crippen LogP contribution in [0.5, 0.6) is 0 Å². The molecule has 0 aliphatic heterocycles. The molecule has 1 rings (SSSR count). The van der Waals surface area contributed by atoms with Crippen LogP contribution < -0.4 is 0 Å². The number of aliphatic hydroxyl groups is 1. The van der Waals surface area contributed by atoms with E-state index in [2.05, 4.69) is 4.98 Å². The van der Waals surface area contributed by atoms with Gasteiger partial charge in [0.25, 0.3) is 0 Å². The summed E-state index contributed by atoms with van der Waals surface area (Å²) in [4.78, 5) is 14.5. The largest absolute Gasteiger partial charge is 0.478 e. The predicted molar refractivity (Wildman–Crippen MR) is 55.7 cm³/mol. The van der Waals surface area contributed by atoms with Gasteiger partial charge in [0.05, 0.1) is 17.4 Å². The number of hydrogen-bond donors (Lipinski definition) is 2. The third kappa shape index (κ3) is 3.32. The standard InChI is InChI=1S/C11H15NO3/c1-2-3-4-10(13)9-6-5-8(7-12-9)11(14)15/h5-7,10,13H,2-4H2,1H3,(H,14,15). The van der Waals surface area contributed by atoms with Crippen LogP contribution >= 0.6 is 0 Å². The summed E-state index contributed by atoms with van der Waals surface area (Å²) in [6, 6.07) is 3.02. The Labute approximate surface area is 88.6 Å². The summed E-state index contributed by atoms with van der Waals surface area (Å²) in [7, 11) is 0. The van der Waals surface area contributed by atoms with Gasteiger partial charge in [-0.1, -0.05) is 19.8 Å². The van der Waals surface area contributed by atoms with Gasteiger partial charge in [-0.2, -0.15) is 0 Å². The molecule has 4 heteroatoms. The topological polar surface area (TPSA) is 70.4 Å². The molecule has 0 saturated heterocycles. The second kappa shape index (κ2) is 5.46. The van der Waals surface area contributed by atoms with E-state index in [0.29, 0.717) is 12.1 Å².